The number of aliphatic carboxylic acids is 1. The molecule has 0 radical (unpaired) electrons. The summed E-state index contributed by atoms with van der Waals surface area (Å²) in [6, 6.07) is 3.08. The number of carbonyl (C=O) groups excluding carboxylic acids is 2. The molecular weight excluding hydrogens is 325 g/mol. The average Bonchev–Trinajstić information content (AvgIpc) is 2.62. The second-order valence-corrected chi connectivity index (χ2v) is 5.80. The van der Waals surface area contributed by atoms with Crippen LogP contribution in [0.5, 0.6) is 0 Å². The number of anilines is 1. The number of Topliss-reactive ketones (excluding diaryl/α,β-unsaturated/α-hetero) is 1. The Balaban J connectivity index is 0.00000242. The SMILES string of the molecule is O=C(O)CCCN1C(=O)C(=O)c2cc(S(=O)(=O)[O-])ccc21.[Na+]. The number of ketones is 1. The standard InChI is InChI=1S/C12H11NO7S.Na/c14-10(15)2-1-5-13-9-4-3-7(21(18,19)20)6-8(9)11(16)12(13)17;/h3-4,6H,1-2,5H2,(H,14,15)(H,18,19,20);/q;+1/p-1. The normalized spacial score (nSPS) is 13.8. The van der Waals surface area contributed by atoms with E-state index in [9.17, 15) is 27.4 Å². The van der Waals surface area contributed by atoms with Crippen LogP contribution >= 0.6 is 0 Å². The minimum absolute atomic E-state index is 0. The van der Waals surface area contributed by atoms with Gasteiger partial charge in [-0.3, -0.25) is 14.4 Å². The first-order valence-electron chi connectivity index (χ1n) is 5.90. The Kier molecular flexibility index (Phi) is 5.88. The van der Waals surface area contributed by atoms with E-state index < -0.39 is 32.7 Å². The molecule has 0 aromatic heterocycles. The van der Waals surface area contributed by atoms with Crippen LogP contribution in [-0.4, -0.2) is 42.3 Å². The molecule has 1 N–H and O–H groups in total. The third-order valence-electron chi connectivity index (χ3n) is 3.00. The van der Waals surface area contributed by atoms with Gasteiger partial charge in [0.1, 0.15) is 10.1 Å². The van der Waals surface area contributed by atoms with Crippen LogP contribution in [0, 0.1) is 0 Å². The van der Waals surface area contributed by atoms with E-state index >= 15 is 0 Å². The van der Waals surface area contributed by atoms with Crippen LogP contribution in [0.4, 0.5) is 5.69 Å². The predicted molar refractivity (Wildman–Crippen MR) is 68.0 cm³/mol. The van der Waals surface area contributed by atoms with Gasteiger partial charge >= 0.3 is 35.5 Å². The number of amides is 1. The van der Waals surface area contributed by atoms with Gasteiger partial charge in [0.15, 0.2) is 0 Å². The number of carboxylic acids is 1. The van der Waals surface area contributed by atoms with Crippen molar-refractivity contribution in [3.05, 3.63) is 23.8 Å². The van der Waals surface area contributed by atoms with E-state index in [0.717, 1.165) is 17.0 Å². The summed E-state index contributed by atoms with van der Waals surface area (Å²) in [7, 11) is -4.72. The van der Waals surface area contributed by atoms with Crippen LogP contribution in [0.2, 0.25) is 0 Å². The van der Waals surface area contributed by atoms with E-state index in [0.29, 0.717) is 0 Å². The van der Waals surface area contributed by atoms with Gasteiger partial charge in [0.2, 0.25) is 0 Å². The Hall–Kier alpha value is -1.26. The molecule has 0 fully saturated rings. The minimum Gasteiger partial charge on any atom is -0.744 e. The molecule has 8 nitrogen and oxygen atoms in total. The summed E-state index contributed by atoms with van der Waals surface area (Å²) in [4.78, 5) is 34.5. The molecule has 1 aliphatic heterocycles. The van der Waals surface area contributed by atoms with E-state index in [2.05, 4.69) is 0 Å². The monoisotopic (exact) mass is 335 g/mol. The Bertz CT molecular complexity index is 744. The van der Waals surface area contributed by atoms with Crippen molar-refractivity contribution < 1.29 is 62.0 Å². The first-order valence-corrected chi connectivity index (χ1v) is 7.30. The fourth-order valence-electron chi connectivity index (χ4n) is 2.05. The number of nitrogens with zero attached hydrogens (tertiary/aromatic N) is 1. The molecule has 0 atom stereocenters. The van der Waals surface area contributed by atoms with Crippen LogP contribution in [0.1, 0.15) is 23.2 Å². The summed E-state index contributed by atoms with van der Waals surface area (Å²) in [6.07, 6.45) is -0.0181. The van der Waals surface area contributed by atoms with Crippen molar-refractivity contribution >= 4 is 33.5 Å². The molecule has 1 amide bonds. The first kappa shape index (κ1) is 18.8. The van der Waals surface area contributed by atoms with Gasteiger partial charge in [-0.15, -0.1) is 0 Å². The average molecular weight is 335 g/mol. The Morgan fingerprint density at radius 2 is 1.91 bits per heavy atom. The van der Waals surface area contributed by atoms with Crippen molar-refractivity contribution in [2.24, 2.45) is 0 Å². The van der Waals surface area contributed by atoms with E-state index in [4.69, 9.17) is 5.11 Å². The molecule has 10 heteroatoms. The van der Waals surface area contributed by atoms with E-state index in [-0.39, 0.29) is 60.2 Å². The fraction of sp³-hybridized carbons (Fsp3) is 0.250. The van der Waals surface area contributed by atoms with Crippen LogP contribution in [0.15, 0.2) is 23.1 Å². The van der Waals surface area contributed by atoms with Gasteiger partial charge in [0.25, 0.3) is 11.7 Å². The zero-order chi connectivity index (χ0) is 15.8. The van der Waals surface area contributed by atoms with Gasteiger partial charge in [-0.2, -0.15) is 0 Å². The maximum absolute atomic E-state index is 11.8. The molecule has 2 rings (SSSR count). The number of carboxylic acid groups (broad SMARTS) is 1. The zero-order valence-electron chi connectivity index (χ0n) is 11.6. The zero-order valence-corrected chi connectivity index (χ0v) is 14.4. The molecule has 0 unspecified atom stereocenters. The molecule has 22 heavy (non-hydrogen) atoms. The van der Waals surface area contributed by atoms with Crippen molar-refractivity contribution in [2.45, 2.75) is 17.7 Å². The maximum atomic E-state index is 11.8. The summed E-state index contributed by atoms with van der Waals surface area (Å²) in [5, 5.41) is 8.55. The topological polar surface area (TPSA) is 132 Å². The molecule has 1 aromatic rings. The van der Waals surface area contributed by atoms with Gasteiger partial charge in [-0.25, -0.2) is 8.42 Å². The van der Waals surface area contributed by atoms with Crippen molar-refractivity contribution in [1.29, 1.82) is 0 Å². The molecule has 0 aliphatic carbocycles. The van der Waals surface area contributed by atoms with Crippen molar-refractivity contribution in [3.8, 4) is 0 Å². The minimum atomic E-state index is -4.72. The van der Waals surface area contributed by atoms with Crippen LogP contribution in [0.3, 0.4) is 0 Å². The van der Waals surface area contributed by atoms with Gasteiger partial charge in [0.05, 0.1) is 16.1 Å². The molecule has 1 aromatic carbocycles. The molecule has 0 spiro atoms. The van der Waals surface area contributed by atoms with Crippen LogP contribution < -0.4 is 34.5 Å². The van der Waals surface area contributed by atoms with E-state index in [1.54, 1.807) is 0 Å². The van der Waals surface area contributed by atoms with Crippen molar-refractivity contribution in [3.63, 3.8) is 0 Å². The third-order valence-corrected chi connectivity index (χ3v) is 3.84. The summed E-state index contributed by atoms with van der Waals surface area (Å²) >= 11 is 0. The molecule has 1 aliphatic rings. The first-order chi connectivity index (χ1) is 9.71. The number of rotatable bonds is 5. The Labute approximate surface area is 148 Å². The Morgan fingerprint density at radius 3 is 2.45 bits per heavy atom. The molecule has 0 saturated carbocycles. The molecule has 1 heterocycles. The second kappa shape index (κ2) is 6.88. The molecule has 0 bridgehead atoms. The fourth-order valence-corrected chi connectivity index (χ4v) is 2.54. The predicted octanol–water partition coefficient (Wildman–Crippen LogP) is -3.01. The largest absolute Gasteiger partial charge is 1.00 e. The summed E-state index contributed by atoms with van der Waals surface area (Å²) in [5.74, 6) is -2.80. The number of hydrogen-bond acceptors (Lipinski definition) is 6. The number of fused-ring (bicyclic) bond motifs is 1. The van der Waals surface area contributed by atoms with Gasteiger partial charge < -0.3 is 14.6 Å². The van der Waals surface area contributed by atoms with E-state index in [1.165, 1.54) is 6.07 Å². The molecular formula is C12H10NNaO7S. The number of benzene rings is 1. The quantitative estimate of drug-likeness (QED) is 0.344. The van der Waals surface area contributed by atoms with Crippen LogP contribution in [0.25, 0.3) is 0 Å². The smallest absolute Gasteiger partial charge is 0.744 e. The van der Waals surface area contributed by atoms with Crippen molar-refractivity contribution in [2.75, 3.05) is 11.4 Å². The third kappa shape index (κ3) is 3.73. The maximum Gasteiger partial charge on any atom is 1.00 e. The number of hydrogen-bond donors (Lipinski definition) is 1. The summed E-state index contributed by atoms with van der Waals surface area (Å²) in [6.45, 7) is 0.0212. The van der Waals surface area contributed by atoms with Gasteiger partial charge in [-0.05, 0) is 24.6 Å². The Morgan fingerprint density at radius 1 is 1.27 bits per heavy atom. The van der Waals surface area contributed by atoms with Crippen molar-refractivity contribution in [1.82, 2.24) is 0 Å². The summed E-state index contributed by atoms with van der Waals surface area (Å²) < 4.78 is 32.8. The molecule has 0 saturated heterocycles. The number of carbonyl (C=O) groups is 3. The second-order valence-electron chi connectivity index (χ2n) is 4.42. The summed E-state index contributed by atoms with van der Waals surface area (Å²) in [5.41, 5.74) is 0.0232. The molecule has 112 valence electrons. The van der Waals surface area contributed by atoms with E-state index in [1.807, 2.05) is 0 Å². The van der Waals surface area contributed by atoms with Gasteiger partial charge in [-0.1, -0.05) is 0 Å². The van der Waals surface area contributed by atoms with Gasteiger partial charge in [0, 0.05) is 13.0 Å². The van der Waals surface area contributed by atoms with Crippen LogP contribution in [-0.2, 0) is 19.7 Å².